The molecule has 0 unspecified atom stereocenters. The van der Waals surface area contributed by atoms with E-state index in [-0.39, 0.29) is 5.91 Å². The van der Waals surface area contributed by atoms with Crippen LogP contribution in [0.1, 0.15) is 32.8 Å². The maximum atomic E-state index is 12.1. The highest BCUT2D eigenvalue weighted by Gasteiger charge is 2.21. The van der Waals surface area contributed by atoms with Gasteiger partial charge in [-0.05, 0) is 30.2 Å². The molecule has 6 heteroatoms. The van der Waals surface area contributed by atoms with Gasteiger partial charge >= 0.3 is 0 Å². The molecule has 2 aromatic heterocycles. The zero-order valence-corrected chi connectivity index (χ0v) is 16.5. The summed E-state index contributed by atoms with van der Waals surface area (Å²) in [4.78, 5) is 25.7. The van der Waals surface area contributed by atoms with Crippen LogP contribution in [-0.2, 0) is 11.3 Å². The fourth-order valence-electron chi connectivity index (χ4n) is 3.07. The molecule has 1 aliphatic heterocycles. The maximum Gasteiger partial charge on any atom is 0.229 e. The van der Waals surface area contributed by atoms with Gasteiger partial charge in [-0.15, -0.1) is 0 Å². The molecular formula is C21H29N5O. The molecule has 0 saturated carbocycles. The minimum atomic E-state index is -0.415. The normalized spacial score (nSPS) is 16.0. The molecule has 0 aromatic carbocycles. The van der Waals surface area contributed by atoms with E-state index < -0.39 is 5.41 Å². The molecule has 2 aromatic rings. The van der Waals surface area contributed by atoms with Gasteiger partial charge in [-0.2, -0.15) is 0 Å². The second-order valence-corrected chi connectivity index (χ2v) is 8.09. The van der Waals surface area contributed by atoms with Crippen LogP contribution >= 0.6 is 0 Å². The lowest BCUT2D eigenvalue weighted by Gasteiger charge is -2.23. The van der Waals surface area contributed by atoms with Gasteiger partial charge in [0.1, 0.15) is 5.82 Å². The van der Waals surface area contributed by atoms with Crippen LogP contribution in [0.15, 0.2) is 42.9 Å². The van der Waals surface area contributed by atoms with Crippen molar-refractivity contribution in [3.8, 4) is 0 Å². The van der Waals surface area contributed by atoms with Crippen LogP contribution in [-0.4, -0.2) is 47.0 Å². The Morgan fingerprint density at radius 1 is 1.11 bits per heavy atom. The van der Waals surface area contributed by atoms with Crippen molar-refractivity contribution in [1.82, 2.24) is 14.9 Å². The Balaban J connectivity index is 1.56. The molecule has 144 valence electrons. The summed E-state index contributed by atoms with van der Waals surface area (Å²) in [5, 5.41) is 2.92. The highest BCUT2D eigenvalue weighted by Crippen LogP contribution is 2.20. The lowest BCUT2D eigenvalue weighted by Crippen LogP contribution is -2.31. The molecule has 0 bridgehead atoms. The Bertz CT molecular complexity index is 739. The van der Waals surface area contributed by atoms with Crippen molar-refractivity contribution in [3.05, 3.63) is 48.4 Å². The highest BCUT2D eigenvalue weighted by molar-refractivity contribution is 5.94. The molecule has 1 fully saturated rings. The molecule has 1 N–H and O–H groups in total. The zero-order chi connectivity index (χ0) is 19.3. The number of nitrogens with zero attached hydrogens (tertiary/aromatic N) is 4. The molecule has 3 heterocycles. The van der Waals surface area contributed by atoms with E-state index in [1.807, 2.05) is 51.4 Å². The third-order valence-corrected chi connectivity index (χ3v) is 4.73. The average Bonchev–Trinajstić information content (AvgIpc) is 2.88. The minimum Gasteiger partial charge on any atom is -0.355 e. The van der Waals surface area contributed by atoms with Gasteiger partial charge in [0.2, 0.25) is 5.91 Å². The molecule has 0 radical (unpaired) electrons. The summed E-state index contributed by atoms with van der Waals surface area (Å²) in [5.41, 5.74) is 1.58. The van der Waals surface area contributed by atoms with Gasteiger partial charge in [0.25, 0.3) is 0 Å². The van der Waals surface area contributed by atoms with Crippen LogP contribution in [0.5, 0.6) is 0 Å². The van der Waals surface area contributed by atoms with Gasteiger partial charge in [0.05, 0.1) is 11.9 Å². The molecule has 6 nitrogen and oxygen atoms in total. The lowest BCUT2D eigenvalue weighted by molar-refractivity contribution is -0.123. The summed E-state index contributed by atoms with van der Waals surface area (Å²) in [6.45, 7) is 10.7. The van der Waals surface area contributed by atoms with Gasteiger partial charge < -0.3 is 10.2 Å². The minimum absolute atomic E-state index is 0.00198. The van der Waals surface area contributed by atoms with Gasteiger partial charge in [0.15, 0.2) is 0 Å². The zero-order valence-electron chi connectivity index (χ0n) is 16.5. The van der Waals surface area contributed by atoms with Gasteiger partial charge in [-0.3, -0.25) is 14.7 Å². The Morgan fingerprint density at radius 3 is 2.63 bits per heavy atom. The van der Waals surface area contributed by atoms with Crippen LogP contribution in [0.25, 0.3) is 0 Å². The monoisotopic (exact) mass is 367 g/mol. The van der Waals surface area contributed by atoms with Crippen molar-refractivity contribution in [3.63, 3.8) is 0 Å². The summed E-state index contributed by atoms with van der Waals surface area (Å²) in [5.74, 6) is 0.963. The van der Waals surface area contributed by atoms with Crippen molar-refractivity contribution < 1.29 is 4.79 Å². The van der Waals surface area contributed by atoms with Crippen molar-refractivity contribution in [2.24, 2.45) is 5.41 Å². The first-order valence-electron chi connectivity index (χ1n) is 9.55. The van der Waals surface area contributed by atoms with E-state index >= 15 is 0 Å². The van der Waals surface area contributed by atoms with Crippen molar-refractivity contribution in [2.45, 2.75) is 33.7 Å². The van der Waals surface area contributed by atoms with Gasteiger partial charge in [-0.25, -0.2) is 4.98 Å². The van der Waals surface area contributed by atoms with E-state index in [4.69, 9.17) is 0 Å². The second-order valence-electron chi connectivity index (χ2n) is 8.09. The lowest BCUT2D eigenvalue weighted by atomic mass is 9.96. The van der Waals surface area contributed by atoms with E-state index in [9.17, 15) is 4.79 Å². The SMILES string of the molecule is CC(C)(C)C(=O)Nc1ccc(N2CCCN(Cc3cccnc3)CC2)nc1. The number of hydrogen-bond donors (Lipinski definition) is 1. The Labute approximate surface area is 161 Å². The summed E-state index contributed by atoms with van der Waals surface area (Å²) in [6, 6.07) is 8.05. The predicted molar refractivity (Wildman–Crippen MR) is 109 cm³/mol. The third kappa shape index (κ3) is 5.50. The van der Waals surface area contributed by atoms with Crippen LogP contribution < -0.4 is 10.2 Å². The molecule has 0 spiro atoms. The van der Waals surface area contributed by atoms with Crippen LogP contribution in [0, 0.1) is 5.41 Å². The summed E-state index contributed by atoms with van der Waals surface area (Å²) < 4.78 is 0. The molecule has 0 aliphatic carbocycles. The van der Waals surface area contributed by atoms with E-state index in [0.717, 1.165) is 50.6 Å². The average molecular weight is 367 g/mol. The summed E-state index contributed by atoms with van der Waals surface area (Å²) in [6.07, 6.45) is 6.60. The highest BCUT2D eigenvalue weighted by atomic mass is 16.2. The first kappa shape index (κ1) is 19.3. The second kappa shape index (κ2) is 8.48. The van der Waals surface area contributed by atoms with E-state index in [1.54, 1.807) is 6.20 Å². The molecule has 0 atom stereocenters. The molecular weight excluding hydrogens is 338 g/mol. The number of carbonyl (C=O) groups excluding carboxylic acids is 1. The van der Waals surface area contributed by atoms with Crippen molar-refractivity contribution in [2.75, 3.05) is 36.4 Å². The van der Waals surface area contributed by atoms with Crippen LogP contribution in [0.2, 0.25) is 0 Å². The Hall–Kier alpha value is -2.47. The van der Waals surface area contributed by atoms with Gasteiger partial charge in [0, 0.05) is 50.5 Å². The van der Waals surface area contributed by atoms with E-state index in [1.165, 1.54) is 5.56 Å². The topological polar surface area (TPSA) is 61.4 Å². The molecule has 3 rings (SSSR count). The number of rotatable bonds is 4. The van der Waals surface area contributed by atoms with E-state index in [2.05, 4.69) is 31.2 Å². The number of amides is 1. The Kier molecular flexibility index (Phi) is 6.06. The smallest absolute Gasteiger partial charge is 0.229 e. The molecule has 27 heavy (non-hydrogen) atoms. The van der Waals surface area contributed by atoms with E-state index in [0.29, 0.717) is 0 Å². The van der Waals surface area contributed by atoms with Crippen LogP contribution in [0.3, 0.4) is 0 Å². The summed E-state index contributed by atoms with van der Waals surface area (Å²) in [7, 11) is 0. The maximum absolute atomic E-state index is 12.1. The first-order chi connectivity index (χ1) is 12.9. The van der Waals surface area contributed by atoms with Crippen molar-refractivity contribution in [1.29, 1.82) is 0 Å². The third-order valence-electron chi connectivity index (χ3n) is 4.73. The summed E-state index contributed by atoms with van der Waals surface area (Å²) >= 11 is 0. The van der Waals surface area contributed by atoms with Gasteiger partial charge in [-0.1, -0.05) is 26.8 Å². The fraction of sp³-hybridized carbons (Fsp3) is 0.476. The number of anilines is 2. The van der Waals surface area contributed by atoms with Crippen LogP contribution in [0.4, 0.5) is 11.5 Å². The standard InChI is InChI=1S/C21H29N5O/c1-21(2,3)20(27)24-18-7-8-19(23-15-18)26-11-5-10-25(12-13-26)16-17-6-4-9-22-14-17/h4,6-9,14-15H,5,10-13,16H2,1-3H3,(H,24,27). The van der Waals surface area contributed by atoms with Crippen molar-refractivity contribution >= 4 is 17.4 Å². The predicted octanol–water partition coefficient (Wildman–Crippen LogP) is 3.17. The quantitative estimate of drug-likeness (QED) is 0.899. The fourth-order valence-corrected chi connectivity index (χ4v) is 3.07. The Morgan fingerprint density at radius 2 is 1.96 bits per heavy atom. The largest absolute Gasteiger partial charge is 0.355 e. The number of carbonyl (C=O) groups is 1. The number of pyridine rings is 2. The molecule has 1 aliphatic rings. The molecule has 1 saturated heterocycles. The number of aromatic nitrogens is 2. The number of hydrogen-bond acceptors (Lipinski definition) is 5. The first-order valence-corrected chi connectivity index (χ1v) is 9.55. The molecule has 1 amide bonds. The number of nitrogens with one attached hydrogen (secondary N) is 1.